The molecule has 0 aliphatic heterocycles. The minimum Gasteiger partial charge on any atom is -0.355 e. The van der Waals surface area contributed by atoms with Gasteiger partial charge in [-0.1, -0.05) is 0 Å². The number of carbonyl (C=O) groups excluding carboxylic acids is 1. The van der Waals surface area contributed by atoms with Gasteiger partial charge in [0.15, 0.2) is 0 Å². The SMILES string of the molecule is CCNC(=O)CN(C)S(=O)(=O)c1cn[nH]c1C. The molecule has 1 heterocycles. The zero-order valence-electron chi connectivity index (χ0n) is 10.0. The molecule has 0 radical (unpaired) electrons. The number of H-pyrrole nitrogens is 1. The molecule has 0 bridgehead atoms. The molecule has 0 aliphatic rings. The molecule has 0 fully saturated rings. The van der Waals surface area contributed by atoms with Crippen molar-refractivity contribution in [2.75, 3.05) is 20.1 Å². The average molecular weight is 260 g/mol. The quantitative estimate of drug-likeness (QED) is 0.744. The normalized spacial score (nSPS) is 11.8. The maximum absolute atomic E-state index is 12.0. The van der Waals surface area contributed by atoms with Gasteiger partial charge in [0.2, 0.25) is 15.9 Å². The molecule has 1 aromatic heterocycles. The van der Waals surface area contributed by atoms with Crippen molar-refractivity contribution in [3.63, 3.8) is 0 Å². The van der Waals surface area contributed by atoms with E-state index in [1.54, 1.807) is 13.8 Å². The van der Waals surface area contributed by atoms with Crippen LogP contribution in [0, 0.1) is 6.92 Å². The van der Waals surface area contributed by atoms with Crippen LogP contribution in [0.1, 0.15) is 12.6 Å². The number of nitrogens with zero attached hydrogens (tertiary/aromatic N) is 2. The van der Waals surface area contributed by atoms with Crippen LogP contribution >= 0.6 is 0 Å². The number of aromatic amines is 1. The third-order valence-electron chi connectivity index (χ3n) is 2.21. The first-order valence-corrected chi connectivity index (χ1v) is 6.56. The van der Waals surface area contributed by atoms with E-state index in [0.29, 0.717) is 12.2 Å². The molecule has 0 spiro atoms. The summed E-state index contributed by atoms with van der Waals surface area (Å²) < 4.78 is 25.1. The van der Waals surface area contributed by atoms with Crippen LogP contribution in [0.2, 0.25) is 0 Å². The minimum atomic E-state index is -3.66. The minimum absolute atomic E-state index is 0.0873. The lowest BCUT2D eigenvalue weighted by molar-refractivity contribution is -0.121. The van der Waals surface area contributed by atoms with E-state index in [4.69, 9.17) is 0 Å². The number of nitrogens with one attached hydrogen (secondary N) is 2. The molecule has 7 nitrogen and oxygen atoms in total. The molecule has 0 saturated carbocycles. The summed E-state index contributed by atoms with van der Waals surface area (Å²) in [5.41, 5.74) is 0.452. The van der Waals surface area contributed by atoms with Crippen molar-refractivity contribution in [3.8, 4) is 0 Å². The number of aryl methyl sites for hydroxylation is 1. The molecular formula is C9H16N4O3S. The second-order valence-corrected chi connectivity index (χ2v) is 5.59. The van der Waals surface area contributed by atoms with E-state index in [1.807, 2.05) is 0 Å². The largest absolute Gasteiger partial charge is 0.355 e. The molecule has 1 aromatic rings. The highest BCUT2D eigenvalue weighted by atomic mass is 32.2. The Hall–Kier alpha value is -1.41. The average Bonchev–Trinajstić information content (AvgIpc) is 2.65. The van der Waals surface area contributed by atoms with Crippen molar-refractivity contribution in [3.05, 3.63) is 11.9 Å². The van der Waals surface area contributed by atoms with Gasteiger partial charge in [-0.25, -0.2) is 8.42 Å². The number of likely N-dealkylation sites (N-methyl/N-ethyl adjacent to an activating group) is 2. The van der Waals surface area contributed by atoms with E-state index >= 15 is 0 Å². The highest BCUT2D eigenvalue weighted by Crippen LogP contribution is 2.15. The molecule has 2 N–H and O–H groups in total. The lowest BCUT2D eigenvalue weighted by Crippen LogP contribution is -2.38. The third-order valence-corrected chi connectivity index (χ3v) is 4.13. The Labute approximate surface area is 100 Å². The summed E-state index contributed by atoms with van der Waals surface area (Å²) in [6, 6.07) is 0. The molecule has 0 unspecified atom stereocenters. The van der Waals surface area contributed by atoms with Crippen LogP contribution in [0.5, 0.6) is 0 Å². The summed E-state index contributed by atoms with van der Waals surface area (Å²) in [6.45, 7) is 3.64. The monoisotopic (exact) mass is 260 g/mol. The lowest BCUT2D eigenvalue weighted by atomic mass is 10.5. The first-order chi connectivity index (χ1) is 7.89. The Kier molecular flexibility index (Phi) is 4.24. The standard InChI is InChI=1S/C9H16N4O3S/c1-4-10-9(14)6-13(3)17(15,16)8-5-11-12-7(8)2/h5H,4,6H2,1-3H3,(H,10,14)(H,11,12). The van der Waals surface area contributed by atoms with Crippen LogP contribution in [0.15, 0.2) is 11.1 Å². The van der Waals surface area contributed by atoms with E-state index < -0.39 is 10.0 Å². The van der Waals surface area contributed by atoms with E-state index in [9.17, 15) is 13.2 Å². The van der Waals surface area contributed by atoms with E-state index in [-0.39, 0.29) is 17.3 Å². The third kappa shape index (κ3) is 3.04. The number of amides is 1. The Morgan fingerprint density at radius 3 is 2.71 bits per heavy atom. The summed E-state index contributed by atoms with van der Waals surface area (Å²) in [6.07, 6.45) is 1.24. The van der Waals surface area contributed by atoms with Crippen LogP contribution in [0.25, 0.3) is 0 Å². The first kappa shape index (κ1) is 13.7. The Bertz CT molecular complexity index is 494. The number of sulfonamides is 1. The summed E-state index contributed by atoms with van der Waals surface area (Å²) in [7, 11) is -2.30. The maximum Gasteiger partial charge on any atom is 0.246 e. The van der Waals surface area contributed by atoms with Gasteiger partial charge in [0.1, 0.15) is 4.90 Å². The van der Waals surface area contributed by atoms with Crippen molar-refractivity contribution < 1.29 is 13.2 Å². The molecule has 8 heteroatoms. The summed E-state index contributed by atoms with van der Waals surface area (Å²) in [5.74, 6) is -0.334. The fourth-order valence-electron chi connectivity index (χ4n) is 1.31. The number of aromatic nitrogens is 2. The number of hydrogen-bond acceptors (Lipinski definition) is 4. The number of hydrogen-bond donors (Lipinski definition) is 2. The highest BCUT2D eigenvalue weighted by Gasteiger charge is 2.25. The molecule has 17 heavy (non-hydrogen) atoms. The van der Waals surface area contributed by atoms with Gasteiger partial charge in [0.05, 0.1) is 18.4 Å². The van der Waals surface area contributed by atoms with Crippen molar-refractivity contribution in [1.82, 2.24) is 19.8 Å². The lowest BCUT2D eigenvalue weighted by Gasteiger charge is -2.15. The molecular weight excluding hydrogens is 244 g/mol. The van der Waals surface area contributed by atoms with Crippen molar-refractivity contribution in [1.29, 1.82) is 0 Å². The second kappa shape index (κ2) is 5.28. The maximum atomic E-state index is 12.0. The zero-order chi connectivity index (χ0) is 13.1. The van der Waals surface area contributed by atoms with Crippen LogP contribution in [0.3, 0.4) is 0 Å². The van der Waals surface area contributed by atoms with Crippen molar-refractivity contribution >= 4 is 15.9 Å². The fourth-order valence-corrected chi connectivity index (χ4v) is 2.55. The molecule has 96 valence electrons. The predicted molar refractivity (Wildman–Crippen MR) is 61.8 cm³/mol. The summed E-state index contributed by atoms with van der Waals surface area (Å²) in [5, 5.41) is 8.75. The van der Waals surface area contributed by atoms with E-state index in [1.165, 1.54) is 13.2 Å². The van der Waals surface area contributed by atoms with Crippen LogP contribution in [-0.4, -0.2) is 49.0 Å². The van der Waals surface area contributed by atoms with Crippen LogP contribution in [0.4, 0.5) is 0 Å². The molecule has 0 saturated heterocycles. The van der Waals surface area contributed by atoms with Gasteiger partial charge in [0, 0.05) is 13.6 Å². The second-order valence-electron chi connectivity index (χ2n) is 3.57. The highest BCUT2D eigenvalue weighted by molar-refractivity contribution is 7.89. The van der Waals surface area contributed by atoms with Gasteiger partial charge in [0.25, 0.3) is 0 Å². The molecule has 0 aliphatic carbocycles. The Morgan fingerprint density at radius 2 is 2.24 bits per heavy atom. The van der Waals surface area contributed by atoms with Crippen LogP contribution in [-0.2, 0) is 14.8 Å². The molecule has 1 rings (SSSR count). The number of carbonyl (C=O) groups is 1. The Balaban J connectivity index is 2.85. The van der Waals surface area contributed by atoms with Gasteiger partial charge < -0.3 is 5.32 Å². The topological polar surface area (TPSA) is 95.2 Å². The van der Waals surface area contributed by atoms with E-state index in [2.05, 4.69) is 15.5 Å². The summed E-state index contributed by atoms with van der Waals surface area (Å²) >= 11 is 0. The Morgan fingerprint density at radius 1 is 1.59 bits per heavy atom. The number of rotatable bonds is 5. The van der Waals surface area contributed by atoms with Gasteiger partial charge in [-0.15, -0.1) is 0 Å². The molecule has 0 aromatic carbocycles. The van der Waals surface area contributed by atoms with Gasteiger partial charge in [-0.2, -0.15) is 9.40 Å². The predicted octanol–water partition coefficient (Wildman–Crippen LogP) is -0.525. The fraction of sp³-hybridized carbons (Fsp3) is 0.556. The van der Waals surface area contributed by atoms with Gasteiger partial charge in [-0.3, -0.25) is 9.89 Å². The molecule has 0 atom stereocenters. The zero-order valence-corrected chi connectivity index (χ0v) is 10.8. The van der Waals surface area contributed by atoms with E-state index in [0.717, 1.165) is 4.31 Å². The first-order valence-electron chi connectivity index (χ1n) is 5.12. The van der Waals surface area contributed by atoms with Crippen molar-refractivity contribution in [2.24, 2.45) is 0 Å². The summed E-state index contributed by atoms with van der Waals surface area (Å²) in [4.78, 5) is 11.4. The molecule has 1 amide bonds. The smallest absolute Gasteiger partial charge is 0.246 e. The van der Waals surface area contributed by atoms with Crippen LogP contribution < -0.4 is 5.32 Å². The van der Waals surface area contributed by atoms with Crippen molar-refractivity contribution in [2.45, 2.75) is 18.7 Å². The van der Waals surface area contributed by atoms with Gasteiger partial charge >= 0.3 is 0 Å². The van der Waals surface area contributed by atoms with Gasteiger partial charge in [-0.05, 0) is 13.8 Å².